The van der Waals surface area contributed by atoms with E-state index in [1.807, 2.05) is 30.3 Å². The van der Waals surface area contributed by atoms with Crippen molar-refractivity contribution in [3.63, 3.8) is 0 Å². The molecule has 2 aromatic heterocycles. The van der Waals surface area contributed by atoms with E-state index in [-0.39, 0.29) is 0 Å². The van der Waals surface area contributed by atoms with Crippen LogP contribution in [0.1, 0.15) is 24.6 Å². The zero-order valence-electron chi connectivity index (χ0n) is 17.8. The molecule has 0 atom stereocenters. The zero-order valence-corrected chi connectivity index (χ0v) is 17.8. The Kier molecular flexibility index (Phi) is 6.54. The van der Waals surface area contributed by atoms with Crippen molar-refractivity contribution in [1.82, 2.24) is 19.9 Å². The Morgan fingerprint density at radius 1 is 0.967 bits per heavy atom. The molecule has 1 saturated heterocycles. The van der Waals surface area contributed by atoms with Crippen LogP contribution in [0.25, 0.3) is 11.5 Å². The van der Waals surface area contributed by atoms with Crippen molar-refractivity contribution in [2.45, 2.75) is 26.3 Å². The molecule has 0 aliphatic carbocycles. The third kappa shape index (κ3) is 4.94. The maximum absolute atomic E-state index is 5.27. The number of pyridine rings is 1. The van der Waals surface area contributed by atoms with Crippen LogP contribution in [0.4, 0.5) is 5.82 Å². The van der Waals surface area contributed by atoms with E-state index >= 15 is 0 Å². The number of nitrogens with zero attached hydrogens (tertiary/aromatic N) is 5. The summed E-state index contributed by atoms with van der Waals surface area (Å²) in [6.07, 6.45) is 3.79. The number of rotatable bonds is 6. The third-order valence-electron chi connectivity index (χ3n) is 5.50. The van der Waals surface area contributed by atoms with Crippen molar-refractivity contribution in [3.8, 4) is 17.3 Å². The van der Waals surface area contributed by atoms with Crippen LogP contribution in [0.15, 0.2) is 54.7 Å². The van der Waals surface area contributed by atoms with Gasteiger partial charge in [0.25, 0.3) is 0 Å². The Morgan fingerprint density at radius 2 is 1.83 bits per heavy atom. The average Bonchev–Trinajstić information content (AvgIpc) is 3.05. The van der Waals surface area contributed by atoms with E-state index in [1.165, 1.54) is 5.56 Å². The van der Waals surface area contributed by atoms with Gasteiger partial charge in [0.15, 0.2) is 5.82 Å². The maximum atomic E-state index is 5.27. The Morgan fingerprint density at radius 3 is 2.57 bits per heavy atom. The van der Waals surface area contributed by atoms with E-state index < -0.39 is 0 Å². The van der Waals surface area contributed by atoms with Gasteiger partial charge >= 0.3 is 0 Å². The summed E-state index contributed by atoms with van der Waals surface area (Å²) in [6.45, 7) is 7.14. The molecule has 1 aliphatic rings. The highest BCUT2D eigenvalue weighted by Crippen LogP contribution is 2.21. The van der Waals surface area contributed by atoms with E-state index in [1.54, 1.807) is 13.3 Å². The molecule has 30 heavy (non-hydrogen) atoms. The molecule has 3 heterocycles. The second-order valence-electron chi connectivity index (χ2n) is 7.57. The standard InChI is InChI=1S/C24H29N5O/c1-3-20-17-23(27-24(26-20)22-7-4-5-12-25-22)29-14-6-13-28(15-16-29)18-19-8-10-21(30-2)11-9-19/h4-5,7-12,17H,3,6,13-16,18H2,1-2H3. The number of ether oxygens (including phenoxy) is 1. The minimum Gasteiger partial charge on any atom is -0.497 e. The van der Waals surface area contributed by atoms with Crippen molar-refractivity contribution in [3.05, 3.63) is 66.0 Å². The minimum absolute atomic E-state index is 0.712. The first-order valence-electron chi connectivity index (χ1n) is 10.6. The first kappa shape index (κ1) is 20.3. The van der Waals surface area contributed by atoms with Crippen molar-refractivity contribution in [2.24, 2.45) is 0 Å². The van der Waals surface area contributed by atoms with Gasteiger partial charge in [0.2, 0.25) is 0 Å². The molecule has 0 saturated carbocycles. The number of hydrogen-bond acceptors (Lipinski definition) is 6. The summed E-state index contributed by atoms with van der Waals surface area (Å²) in [5, 5.41) is 0. The molecule has 1 aliphatic heterocycles. The largest absolute Gasteiger partial charge is 0.497 e. The normalized spacial score (nSPS) is 15.1. The van der Waals surface area contributed by atoms with Crippen LogP contribution in [0.2, 0.25) is 0 Å². The van der Waals surface area contributed by atoms with Crippen molar-refractivity contribution in [2.75, 3.05) is 38.2 Å². The lowest BCUT2D eigenvalue weighted by Crippen LogP contribution is -2.31. The molecule has 1 fully saturated rings. The molecule has 0 bridgehead atoms. The predicted octanol–water partition coefficient (Wildman–Crippen LogP) is 3.82. The molecule has 156 valence electrons. The monoisotopic (exact) mass is 403 g/mol. The fraction of sp³-hybridized carbons (Fsp3) is 0.375. The molecule has 0 unspecified atom stereocenters. The lowest BCUT2D eigenvalue weighted by molar-refractivity contribution is 0.285. The van der Waals surface area contributed by atoms with Gasteiger partial charge in [-0.05, 0) is 42.7 Å². The number of hydrogen-bond donors (Lipinski definition) is 0. The Hall–Kier alpha value is -2.99. The highest BCUT2D eigenvalue weighted by molar-refractivity contribution is 5.53. The summed E-state index contributed by atoms with van der Waals surface area (Å²) in [5.41, 5.74) is 3.20. The quantitative estimate of drug-likeness (QED) is 0.624. The van der Waals surface area contributed by atoms with Gasteiger partial charge in [0, 0.05) is 50.7 Å². The lowest BCUT2D eigenvalue weighted by atomic mass is 10.2. The van der Waals surface area contributed by atoms with E-state index in [2.05, 4.69) is 39.9 Å². The topological polar surface area (TPSA) is 54.4 Å². The summed E-state index contributed by atoms with van der Waals surface area (Å²) >= 11 is 0. The summed E-state index contributed by atoms with van der Waals surface area (Å²) in [6, 6.07) is 16.4. The molecule has 0 radical (unpaired) electrons. The molecule has 6 heteroatoms. The van der Waals surface area contributed by atoms with Crippen molar-refractivity contribution < 1.29 is 4.74 Å². The van der Waals surface area contributed by atoms with Gasteiger partial charge in [0.05, 0.1) is 7.11 Å². The molecular weight excluding hydrogens is 374 g/mol. The van der Waals surface area contributed by atoms with E-state index in [0.717, 1.165) is 68.5 Å². The minimum atomic E-state index is 0.712. The van der Waals surface area contributed by atoms with Crippen molar-refractivity contribution >= 4 is 5.82 Å². The van der Waals surface area contributed by atoms with Crippen LogP contribution >= 0.6 is 0 Å². The van der Waals surface area contributed by atoms with Gasteiger partial charge in [-0.25, -0.2) is 9.97 Å². The average molecular weight is 404 g/mol. The van der Waals surface area contributed by atoms with Crippen molar-refractivity contribution in [1.29, 1.82) is 0 Å². The van der Waals surface area contributed by atoms with Crippen LogP contribution < -0.4 is 9.64 Å². The van der Waals surface area contributed by atoms with Gasteiger partial charge in [-0.3, -0.25) is 9.88 Å². The van der Waals surface area contributed by atoms with Gasteiger partial charge in [-0.2, -0.15) is 0 Å². The summed E-state index contributed by atoms with van der Waals surface area (Å²) in [4.78, 5) is 18.9. The molecule has 4 rings (SSSR count). The predicted molar refractivity (Wildman–Crippen MR) is 120 cm³/mol. The smallest absolute Gasteiger partial charge is 0.180 e. The van der Waals surface area contributed by atoms with Crippen LogP contribution in [0.5, 0.6) is 5.75 Å². The molecule has 0 amide bonds. The third-order valence-corrected chi connectivity index (χ3v) is 5.50. The summed E-state index contributed by atoms with van der Waals surface area (Å²) < 4.78 is 5.27. The maximum Gasteiger partial charge on any atom is 0.180 e. The van der Waals surface area contributed by atoms with Gasteiger partial charge in [-0.1, -0.05) is 25.1 Å². The molecule has 0 N–H and O–H groups in total. The summed E-state index contributed by atoms with van der Waals surface area (Å²) in [7, 11) is 1.70. The number of aromatic nitrogens is 3. The van der Waals surface area contributed by atoms with Gasteiger partial charge < -0.3 is 9.64 Å². The number of methoxy groups -OCH3 is 1. The number of benzene rings is 1. The second-order valence-corrected chi connectivity index (χ2v) is 7.57. The summed E-state index contributed by atoms with van der Waals surface area (Å²) in [5.74, 6) is 2.62. The molecule has 0 spiro atoms. The fourth-order valence-corrected chi connectivity index (χ4v) is 3.78. The Bertz CT molecular complexity index is 946. The van der Waals surface area contributed by atoms with Crippen LogP contribution in [0.3, 0.4) is 0 Å². The first-order chi connectivity index (χ1) is 14.7. The number of aryl methyl sites for hydroxylation is 1. The molecule has 6 nitrogen and oxygen atoms in total. The molecular formula is C24H29N5O. The lowest BCUT2D eigenvalue weighted by Gasteiger charge is -2.23. The van der Waals surface area contributed by atoms with E-state index in [4.69, 9.17) is 14.7 Å². The molecule has 1 aromatic carbocycles. The van der Waals surface area contributed by atoms with Crippen LogP contribution in [0, 0.1) is 0 Å². The van der Waals surface area contributed by atoms with Gasteiger partial charge in [0.1, 0.15) is 17.3 Å². The SMILES string of the molecule is CCc1cc(N2CCCN(Cc3ccc(OC)cc3)CC2)nc(-c2ccccn2)n1. The highest BCUT2D eigenvalue weighted by atomic mass is 16.5. The highest BCUT2D eigenvalue weighted by Gasteiger charge is 2.18. The second kappa shape index (κ2) is 9.67. The molecule has 3 aromatic rings. The van der Waals surface area contributed by atoms with Gasteiger partial charge in [-0.15, -0.1) is 0 Å². The Labute approximate surface area is 178 Å². The number of anilines is 1. The van der Waals surface area contributed by atoms with E-state index in [0.29, 0.717) is 5.82 Å². The van der Waals surface area contributed by atoms with Crippen LogP contribution in [-0.4, -0.2) is 53.1 Å². The van der Waals surface area contributed by atoms with Crippen LogP contribution in [-0.2, 0) is 13.0 Å². The van der Waals surface area contributed by atoms with E-state index in [9.17, 15) is 0 Å². The Balaban J connectivity index is 1.47. The fourth-order valence-electron chi connectivity index (χ4n) is 3.78. The first-order valence-corrected chi connectivity index (χ1v) is 10.6. The zero-order chi connectivity index (χ0) is 20.8.